The lowest BCUT2D eigenvalue weighted by molar-refractivity contribution is 0.285. The third kappa shape index (κ3) is 3.27. The SMILES string of the molecule is Cc1cc(C)c(C)c(OCc2noc(-c3ccc(F)c(F)c3)n2)c1. The largest absolute Gasteiger partial charge is 0.485 e. The molecule has 0 saturated carbocycles. The Morgan fingerprint density at radius 1 is 1.04 bits per heavy atom. The van der Waals surface area contributed by atoms with Gasteiger partial charge in [-0.2, -0.15) is 4.98 Å². The van der Waals surface area contributed by atoms with E-state index in [0.717, 1.165) is 34.6 Å². The molecule has 3 aromatic rings. The summed E-state index contributed by atoms with van der Waals surface area (Å²) >= 11 is 0. The van der Waals surface area contributed by atoms with Gasteiger partial charge in [-0.3, -0.25) is 0 Å². The Bertz CT molecular complexity index is 891. The van der Waals surface area contributed by atoms with Gasteiger partial charge < -0.3 is 9.26 Å². The van der Waals surface area contributed by atoms with Crippen molar-refractivity contribution in [2.75, 3.05) is 0 Å². The van der Waals surface area contributed by atoms with Gasteiger partial charge >= 0.3 is 0 Å². The van der Waals surface area contributed by atoms with Crippen molar-refractivity contribution in [1.29, 1.82) is 0 Å². The maximum absolute atomic E-state index is 13.3. The molecule has 3 rings (SSSR count). The van der Waals surface area contributed by atoms with E-state index in [1.165, 1.54) is 6.07 Å². The summed E-state index contributed by atoms with van der Waals surface area (Å²) < 4.78 is 37.1. The molecule has 0 unspecified atom stereocenters. The number of hydrogen-bond donors (Lipinski definition) is 0. The number of aryl methyl sites for hydroxylation is 2. The van der Waals surface area contributed by atoms with E-state index in [4.69, 9.17) is 9.26 Å². The van der Waals surface area contributed by atoms with Gasteiger partial charge in [0.1, 0.15) is 5.75 Å². The predicted octanol–water partition coefficient (Wildman–Crippen LogP) is 4.52. The van der Waals surface area contributed by atoms with E-state index in [-0.39, 0.29) is 12.5 Å². The van der Waals surface area contributed by atoms with Crippen LogP contribution in [0.5, 0.6) is 5.75 Å². The topological polar surface area (TPSA) is 48.2 Å². The monoisotopic (exact) mass is 330 g/mol. The highest BCUT2D eigenvalue weighted by Crippen LogP contribution is 2.24. The Balaban J connectivity index is 1.76. The molecule has 0 aliphatic rings. The summed E-state index contributed by atoms with van der Waals surface area (Å²) in [6, 6.07) is 7.44. The van der Waals surface area contributed by atoms with Crippen molar-refractivity contribution in [1.82, 2.24) is 10.1 Å². The van der Waals surface area contributed by atoms with Crippen LogP contribution >= 0.6 is 0 Å². The summed E-state index contributed by atoms with van der Waals surface area (Å²) in [5.41, 5.74) is 3.60. The van der Waals surface area contributed by atoms with Crippen LogP contribution in [0.3, 0.4) is 0 Å². The molecule has 1 aromatic heterocycles. The van der Waals surface area contributed by atoms with E-state index in [0.29, 0.717) is 11.4 Å². The third-order valence-corrected chi connectivity index (χ3v) is 3.76. The second kappa shape index (κ2) is 6.39. The van der Waals surface area contributed by atoms with Gasteiger partial charge in [0.25, 0.3) is 5.89 Å². The van der Waals surface area contributed by atoms with Crippen LogP contribution < -0.4 is 4.74 Å². The van der Waals surface area contributed by atoms with Crippen LogP contribution in [0.4, 0.5) is 8.78 Å². The normalized spacial score (nSPS) is 10.9. The van der Waals surface area contributed by atoms with Crippen LogP contribution in [-0.2, 0) is 6.61 Å². The molecule has 0 N–H and O–H groups in total. The van der Waals surface area contributed by atoms with Crippen LogP contribution in [0.15, 0.2) is 34.9 Å². The lowest BCUT2D eigenvalue weighted by Crippen LogP contribution is -2.00. The molecule has 2 aromatic carbocycles. The molecule has 0 aliphatic carbocycles. The maximum Gasteiger partial charge on any atom is 0.258 e. The predicted molar refractivity (Wildman–Crippen MR) is 84.6 cm³/mol. The van der Waals surface area contributed by atoms with Crippen LogP contribution in [0.2, 0.25) is 0 Å². The van der Waals surface area contributed by atoms with Crippen molar-refractivity contribution in [3.63, 3.8) is 0 Å². The van der Waals surface area contributed by atoms with E-state index in [2.05, 4.69) is 16.2 Å². The number of hydrogen-bond acceptors (Lipinski definition) is 4. The number of aromatic nitrogens is 2. The Labute approximate surface area is 138 Å². The molecular weight excluding hydrogens is 314 g/mol. The summed E-state index contributed by atoms with van der Waals surface area (Å²) in [7, 11) is 0. The van der Waals surface area contributed by atoms with Crippen LogP contribution in [0.25, 0.3) is 11.5 Å². The van der Waals surface area contributed by atoms with Crippen molar-refractivity contribution in [2.24, 2.45) is 0 Å². The molecule has 1 heterocycles. The average molecular weight is 330 g/mol. The highest BCUT2D eigenvalue weighted by molar-refractivity contribution is 5.52. The molecular formula is C18H16F2N2O2. The molecule has 0 fully saturated rings. The molecule has 0 atom stereocenters. The first kappa shape index (κ1) is 16.1. The minimum absolute atomic E-state index is 0.115. The maximum atomic E-state index is 13.3. The van der Waals surface area contributed by atoms with Gasteiger partial charge in [0, 0.05) is 5.56 Å². The minimum Gasteiger partial charge on any atom is -0.485 e. The molecule has 4 nitrogen and oxygen atoms in total. The second-order valence-corrected chi connectivity index (χ2v) is 5.64. The van der Waals surface area contributed by atoms with E-state index in [1.54, 1.807) is 0 Å². The molecule has 0 saturated heterocycles. The second-order valence-electron chi connectivity index (χ2n) is 5.64. The number of nitrogens with zero attached hydrogens (tertiary/aromatic N) is 2. The van der Waals surface area contributed by atoms with E-state index >= 15 is 0 Å². The van der Waals surface area contributed by atoms with Gasteiger partial charge in [0.05, 0.1) is 0 Å². The van der Waals surface area contributed by atoms with Gasteiger partial charge in [0.15, 0.2) is 18.2 Å². The van der Waals surface area contributed by atoms with Crippen molar-refractivity contribution in [3.8, 4) is 17.2 Å². The Morgan fingerprint density at radius 2 is 1.83 bits per heavy atom. The molecule has 0 bridgehead atoms. The zero-order valence-electron chi connectivity index (χ0n) is 13.6. The number of halogens is 2. The van der Waals surface area contributed by atoms with E-state index in [9.17, 15) is 8.78 Å². The zero-order valence-corrected chi connectivity index (χ0v) is 13.6. The van der Waals surface area contributed by atoms with Gasteiger partial charge in [0.2, 0.25) is 5.82 Å². The average Bonchev–Trinajstić information content (AvgIpc) is 3.01. The van der Waals surface area contributed by atoms with E-state index < -0.39 is 11.6 Å². The lowest BCUT2D eigenvalue weighted by atomic mass is 10.1. The number of ether oxygens (including phenoxy) is 1. The molecule has 0 aliphatic heterocycles. The summed E-state index contributed by atoms with van der Waals surface area (Å²) in [6.45, 7) is 6.11. The molecule has 124 valence electrons. The van der Waals surface area contributed by atoms with Crippen LogP contribution in [0, 0.1) is 32.4 Å². The summed E-state index contributed by atoms with van der Waals surface area (Å²) in [6.07, 6.45) is 0. The fourth-order valence-electron chi connectivity index (χ4n) is 2.35. The molecule has 0 radical (unpaired) electrons. The highest BCUT2D eigenvalue weighted by Gasteiger charge is 2.13. The van der Waals surface area contributed by atoms with Crippen LogP contribution in [0.1, 0.15) is 22.5 Å². The van der Waals surface area contributed by atoms with Crippen LogP contribution in [-0.4, -0.2) is 10.1 Å². The lowest BCUT2D eigenvalue weighted by Gasteiger charge is -2.10. The van der Waals surface area contributed by atoms with E-state index in [1.807, 2.05) is 26.8 Å². The molecule has 24 heavy (non-hydrogen) atoms. The first-order chi connectivity index (χ1) is 11.4. The van der Waals surface area contributed by atoms with Crippen molar-refractivity contribution < 1.29 is 18.0 Å². The molecule has 0 spiro atoms. The third-order valence-electron chi connectivity index (χ3n) is 3.76. The fraction of sp³-hybridized carbons (Fsp3) is 0.222. The smallest absolute Gasteiger partial charge is 0.258 e. The summed E-state index contributed by atoms with van der Waals surface area (Å²) in [5, 5.41) is 3.81. The van der Waals surface area contributed by atoms with Gasteiger partial charge in [-0.05, 0) is 61.7 Å². The van der Waals surface area contributed by atoms with Gasteiger partial charge in [-0.15, -0.1) is 0 Å². The Hall–Kier alpha value is -2.76. The summed E-state index contributed by atoms with van der Waals surface area (Å²) in [4.78, 5) is 4.15. The van der Waals surface area contributed by atoms with Crippen molar-refractivity contribution >= 4 is 0 Å². The first-order valence-corrected chi connectivity index (χ1v) is 7.42. The minimum atomic E-state index is -0.964. The summed E-state index contributed by atoms with van der Waals surface area (Å²) in [5.74, 6) is -0.689. The Kier molecular flexibility index (Phi) is 4.29. The van der Waals surface area contributed by atoms with Crippen molar-refractivity contribution in [3.05, 3.63) is 64.5 Å². The Morgan fingerprint density at radius 3 is 2.58 bits per heavy atom. The molecule has 6 heteroatoms. The van der Waals surface area contributed by atoms with Gasteiger partial charge in [-0.25, -0.2) is 8.78 Å². The first-order valence-electron chi connectivity index (χ1n) is 7.42. The standard InChI is InChI=1S/C18H16F2N2O2/c1-10-6-11(2)12(3)16(7-10)23-9-17-21-18(24-22-17)13-4-5-14(19)15(20)8-13/h4-8H,9H2,1-3H3. The highest BCUT2D eigenvalue weighted by atomic mass is 19.2. The zero-order chi connectivity index (χ0) is 17.3. The van der Waals surface area contributed by atoms with Gasteiger partial charge in [-0.1, -0.05) is 11.2 Å². The van der Waals surface area contributed by atoms with Crippen molar-refractivity contribution in [2.45, 2.75) is 27.4 Å². The quantitative estimate of drug-likeness (QED) is 0.706. The fourth-order valence-corrected chi connectivity index (χ4v) is 2.35. The number of benzene rings is 2. The molecule has 0 amide bonds. The number of rotatable bonds is 4.